The van der Waals surface area contributed by atoms with Gasteiger partial charge in [-0.15, -0.1) is 0 Å². The molecule has 0 unspecified atom stereocenters. The van der Waals surface area contributed by atoms with Crippen molar-refractivity contribution < 1.29 is 14.7 Å². The maximum atomic E-state index is 13.1. The lowest BCUT2D eigenvalue weighted by molar-refractivity contribution is -0.135. The number of piperidine rings is 1. The van der Waals surface area contributed by atoms with Crippen LogP contribution < -0.4 is 0 Å². The van der Waals surface area contributed by atoms with Gasteiger partial charge < -0.3 is 10.0 Å². The number of phenolic OH excluding ortho intramolecular Hbond substituents is 1. The van der Waals surface area contributed by atoms with Gasteiger partial charge in [0.2, 0.25) is 0 Å². The first kappa shape index (κ1) is 19.7. The molecule has 1 spiro atoms. The van der Waals surface area contributed by atoms with Gasteiger partial charge in [0, 0.05) is 38.3 Å². The van der Waals surface area contributed by atoms with E-state index in [1.165, 1.54) is 4.90 Å². The van der Waals surface area contributed by atoms with E-state index in [4.69, 9.17) is 0 Å². The molecule has 2 heterocycles. The molecule has 6 nitrogen and oxygen atoms in total. The van der Waals surface area contributed by atoms with Gasteiger partial charge in [0.25, 0.3) is 5.91 Å². The van der Waals surface area contributed by atoms with Gasteiger partial charge in [0.1, 0.15) is 11.3 Å². The van der Waals surface area contributed by atoms with Crippen LogP contribution in [0.25, 0.3) is 0 Å². The minimum absolute atomic E-state index is 0.0269. The van der Waals surface area contributed by atoms with Crippen LogP contribution in [0.2, 0.25) is 0 Å². The van der Waals surface area contributed by atoms with Gasteiger partial charge in [-0.3, -0.25) is 14.6 Å². The highest BCUT2D eigenvalue weighted by atomic mass is 16.3. The second-order valence-electron chi connectivity index (χ2n) is 8.10. The summed E-state index contributed by atoms with van der Waals surface area (Å²) in [7, 11) is 0. The van der Waals surface area contributed by atoms with E-state index in [9.17, 15) is 14.7 Å². The molecule has 2 aliphatic rings. The van der Waals surface area contributed by atoms with Crippen LogP contribution in [0.4, 0.5) is 4.79 Å². The molecule has 0 atom stereocenters. The molecule has 0 saturated carbocycles. The highest BCUT2D eigenvalue weighted by Gasteiger charge is 2.57. The van der Waals surface area contributed by atoms with Gasteiger partial charge in [0.05, 0.1) is 0 Å². The largest absolute Gasteiger partial charge is 0.508 e. The van der Waals surface area contributed by atoms with E-state index < -0.39 is 5.54 Å². The molecular weight excluding hydrogens is 342 g/mol. The fourth-order valence-corrected chi connectivity index (χ4v) is 4.21. The van der Waals surface area contributed by atoms with Crippen LogP contribution in [-0.2, 0) is 11.3 Å². The first-order valence-electron chi connectivity index (χ1n) is 10.0. The third-order valence-corrected chi connectivity index (χ3v) is 5.94. The number of urea groups is 1. The summed E-state index contributed by atoms with van der Waals surface area (Å²) in [5.74, 6) is 0.767. The SMILES string of the molecule is CCN1C(=O)N(CCC(C)C)C2(CCN(Cc3ccccc3O)CC2)C1=O. The summed E-state index contributed by atoms with van der Waals surface area (Å²) in [6.07, 6.45) is 2.21. The second-order valence-corrected chi connectivity index (χ2v) is 8.10. The molecular formula is C21H31N3O3. The lowest BCUT2D eigenvalue weighted by Gasteiger charge is -2.42. The summed E-state index contributed by atoms with van der Waals surface area (Å²) < 4.78 is 0. The maximum Gasteiger partial charge on any atom is 0.327 e. The highest BCUT2D eigenvalue weighted by Crippen LogP contribution is 2.38. The van der Waals surface area contributed by atoms with Crippen molar-refractivity contribution >= 4 is 11.9 Å². The Morgan fingerprint density at radius 2 is 1.81 bits per heavy atom. The lowest BCUT2D eigenvalue weighted by Crippen LogP contribution is -2.56. The second kappa shape index (κ2) is 7.89. The average Bonchev–Trinajstić information content (AvgIpc) is 2.83. The van der Waals surface area contributed by atoms with Crippen molar-refractivity contribution in [2.24, 2.45) is 5.92 Å². The number of benzene rings is 1. The molecule has 0 bridgehead atoms. The zero-order valence-electron chi connectivity index (χ0n) is 16.6. The van der Waals surface area contributed by atoms with E-state index in [0.29, 0.717) is 44.1 Å². The number of carbonyl (C=O) groups is 2. The normalized spacial score (nSPS) is 20.3. The smallest absolute Gasteiger partial charge is 0.327 e. The summed E-state index contributed by atoms with van der Waals surface area (Å²) in [6.45, 7) is 9.35. The van der Waals surface area contributed by atoms with E-state index in [2.05, 4.69) is 18.7 Å². The number of rotatable bonds is 6. The number of aromatic hydroxyl groups is 1. The van der Waals surface area contributed by atoms with Crippen molar-refractivity contribution in [2.75, 3.05) is 26.2 Å². The Hall–Kier alpha value is -2.08. The molecule has 2 aliphatic heterocycles. The Morgan fingerprint density at radius 1 is 1.15 bits per heavy atom. The van der Waals surface area contributed by atoms with E-state index in [-0.39, 0.29) is 11.9 Å². The first-order valence-corrected chi connectivity index (χ1v) is 10.0. The quantitative estimate of drug-likeness (QED) is 0.779. The molecule has 2 fully saturated rings. The van der Waals surface area contributed by atoms with Gasteiger partial charge in [-0.05, 0) is 38.2 Å². The summed E-state index contributed by atoms with van der Waals surface area (Å²) in [4.78, 5) is 31.5. The van der Waals surface area contributed by atoms with Crippen molar-refractivity contribution in [3.8, 4) is 5.75 Å². The van der Waals surface area contributed by atoms with E-state index in [0.717, 1.165) is 25.1 Å². The first-order chi connectivity index (χ1) is 12.9. The molecule has 1 aromatic rings. The summed E-state index contributed by atoms with van der Waals surface area (Å²) >= 11 is 0. The van der Waals surface area contributed by atoms with Gasteiger partial charge >= 0.3 is 6.03 Å². The number of nitrogens with zero attached hydrogens (tertiary/aromatic N) is 3. The minimum atomic E-state index is -0.683. The predicted octanol–water partition coefficient (Wildman–Crippen LogP) is 3.06. The summed E-state index contributed by atoms with van der Waals surface area (Å²) in [5.41, 5.74) is 0.214. The van der Waals surface area contributed by atoms with Crippen molar-refractivity contribution in [3.63, 3.8) is 0 Å². The zero-order valence-corrected chi connectivity index (χ0v) is 16.6. The van der Waals surface area contributed by atoms with Crippen LogP contribution in [0.15, 0.2) is 24.3 Å². The van der Waals surface area contributed by atoms with Gasteiger partial charge in [-0.2, -0.15) is 0 Å². The average molecular weight is 373 g/mol. The van der Waals surface area contributed by atoms with Gasteiger partial charge in [-0.1, -0.05) is 32.0 Å². The number of likely N-dealkylation sites (tertiary alicyclic amines) is 1. The number of hydrogen-bond acceptors (Lipinski definition) is 4. The number of para-hydroxylation sites is 1. The fourth-order valence-electron chi connectivity index (χ4n) is 4.21. The molecule has 1 aromatic carbocycles. The topological polar surface area (TPSA) is 64.1 Å². The number of amides is 3. The molecule has 3 rings (SSSR count). The maximum absolute atomic E-state index is 13.1. The van der Waals surface area contributed by atoms with Crippen LogP contribution in [0.3, 0.4) is 0 Å². The Kier molecular flexibility index (Phi) is 5.75. The Bertz CT molecular complexity index is 696. The summed E-state index contributed by atoms with van der Waals surface area (Å²) in [6, 6.07) is 7.24. The lowest BCUT2D eigenvalue weighted by atomic mass is 9.85. The molecule has 148 valence electrons. The minimum Gasteiger partial charge on any atom is -0.508 e. The van der Waals surface area contributed by atoms with Crippen LogP contribution in [0.1, 0.15) is 45.6 Å². The number of hydrogen-bond donors (Lipinski definition) is 1. The van der Waals surface area contributed by atoms with Crippen molar-refractivity contribution in [2.45, 2.75) is 52.1 Å². The number of phenols is 1. The zero-order chi connectivity index (χ0) is 19.6. The van der Waals surface area contributed by atoms with Gasteiger partial charge in [0.15, 0.2) is 0 Å². The van der Waals surface area contributed by atoms with E-state index in [1.807, 2.05) is 30.0 Å². The number of likely N-dealkylation sites (N-methyl/N-ethyl adjacent to an activating group) is 1. The fraction of sp³-hybridized carbons (Fsp3) is 0.619. The monoisotopic (exact) mass is 373 g/mol. The molecule has 6 heteroatoms. The number of carbonyl (C=O) groups excluding carboxylic acids is 2. The van der Waals surface area contributed by atoms with Crippen LogP contribution in [0.5, 0.6) is 5.75 Å². The third-order valence-electron chi connectivity index (χ3n) is 5.94. The van der Waals surface area contributed by atoms with Crippen molar-refractivity contribution in [1.82, 2.24) is 14.7 Å². The highest BCUT2D eigenvalue weighted by molar-refractivity contribution is 6.07. The molecule has 27 heavy (non-hydrogen) atoms. The Labute approximate surface area is 161 Å². The van der Waals surface area contributed by atoms with Crippen LogP contribution in [0, 0.1) is 5.92 Å². The summed E-state index contributed by atoms with van der Waals surface area (Å²) in [5, 5.41) is 10.0. The van der Waals surface area contributed by atoms with Crippen LogP contribution >= 0.6 is 0 Å². The van der Waals surface area contributed by atoms with Gasteiger partial charge in [-0.25, -0.2) is 4.79 Å². The molecule has 3 amide bonds. The Morgan fingerprint density at radius 3 is 2.41 bits per heavy atom. The van der Waals surface area contributed by atoms with Crippen molar-refractivity contribution in [1.29, 1.82) is 0 Å². The molecule has 0 aliphatic carbocycles. The standard InChI is InChI=1S/C21H31N3O3/c1-4-23-19(26)21(24(20(23)27)12-9-16(2)3)10-13-22(14-11-21)15-17-7-5-6-8-18(17)25/h5-8,16,25H,4,9-15H2,1-3H3. The van der Waals surface area contributed by atoms with Crippen LogP contribution in [-0.4, -0.2) is 63.5 Å². The van der Waals surface area contributed by atoms with E-state index >= 15 is 0 Å². The molecule has 1 N–H and O–H groups in total. The molecule has 2 saturated heterocycles. The molecule has 0 aromatic heterocycles. The van der Waals surface area contributed by atoms with E-state index in [1.54, 1.807) is 6.07 Å². The molecule has 0 radical (unpaired) electrons. The predicted molar refractivity (Wildman–Crippen MR) is 104 cm³/mol. The Balaban J connectivity index is 1.73. The van der Waals surface area contributed by atoms with Crippen molar-refractivity contribution in [3.05, 3.63) is 29.8 Å². The third kappa shape index (κ3) is 3.68. The number of imide groups is 1.